The van der Waals surface area contributed by atoms with Crippen LogP contribution in [0.25, 0.3) is 22.4 Å². The van der Waals surface area contributed by atoms with Crippen molar-refractivity contribution in [2.45, 2.75) is 42.5 Å². The molecule has 0 spiro atoms. The van der Waals surface area contributed by atoms with Gasteiger partial charge in [0.15, 0.2) is 32.9 Å². The number of hydrogen-bond donors (Lipinski definition) is 0. The summed E-state index contributed by atoms with van der Waals surface area (Å²) in [5.41, 5.74) is 0.970. The van der Waals surface area contributed by atoms with Crippen LogP contribution in [0.5, 0.6) is 5.75 Å². The number of fused-ring (bicyclic) bond motifs is 4. The minimum Gasteiger partial charge on any atom is -0.486 e. The fourth-order valence-corrected chi connectivity index (χ4v) is 6.96. The van der Waals surface area contributed by atoms with E-state index in [1.165, 1.54) is 30.8 Å². The molecule has 2 atom stereocenters. The molecule has 2 aliphatic heterocycles. The van der Waals surface area contributed by atoms with Crippen molar-refractivity contribution >= 4 is 36.7 Å². The zero-order valence-electron chi connectivity index (χ0n) is 22.5. The number of benzene rings is 1. The number of morpholine rings is 1. The average Bonchev–Trinajstić information content (AvgIpc) is 3.37. The van der Waals surface area contributed by atoms with Crippen LogP contribution in [0.3, 0.4) is 0 Å². The number of aromatic nitrogens is 4. The molecule has 1 aromatic carbocycles. The Kier molecular flexibility index (Phi) is 6.16. The number of rotatable bonds is 5. The third kappa shape index (κ3) is 4.06. The molecule has 11 nitrogen and oxygen atoms in total. The summed E-state index contributed by atoms with van der Waals surface area (Å²) >= 11 is 0. The Balaban J connectivity index is 1.59. The van der Waals surface area contributed by atoms with E-state index in [0.717, 1.165) is 3.97 Å². The first kappa shape index (κ1) is 26.7. The largest absolute Gasteiger partial charge is 0.486 e. The predicted molar refractivity (Wildman–Crippen MR) is 150 cm³/mol. The van der Waals surface area contributed by atoms with Crippen LogP contribution in [0.1, 0.15) is 26.5 Å². The van der Waals surface area contributed by atoms with Crippen molar-refractivity contribution in [1.29, 1.82) is 0 Å². The fourth-order valence-electron chi connectivity index (χ4n) is 5.15. The lowest BCUT2D eigenvalue weighted by Gasteiger charge is -2.45. The Labute approximate surface area is 232 Å². The van der Waals surface area contributed by atoms with Crippen LogP contribution in [0.4, 0.5) is 5.82 Å². The number of ether oxygens (including phenoxy) is 2. The topological polar surface area (TPSA) is 134 Å². The van der Waals surface area contributed by atoms with Crippen molar-refractivity contribution in [3.8, 4) is 17.1 Å². The first-order valence-corrected chi connectivity index (χ1v) is 16.1. The van der Waals surface area contributed by atoms with E-state index in [1.807, 2.05) is 6.92 Å². The van der Waals surface area contributed by atoms with Gasteiger partial charge >= 0.3 is 0 Å². The van der Waals surface area contributed by atoms with E-state index in [0.29, 0.717) is 42.3 Å². The standard InChI is InChI=1S/C27H29N5O6S2/c1-17-14-37-15-18-16-38-22-23(27(2,3)39(4,33)34)29-24(30-26(22)32(17)18)20-10-12-28-25-21(20)11-13-31(25)40(35,36)19-8-6-5-7-9-19/h5-13,17-18H,14-16H2,1-4H3/t17-,18+/m1/s1. The normalized spacial score (nSPS) is 19.6. The Morgan fingerprint density at radius 1 is 0.975 bits per heavy atom. The van der Waals surface area contributed by atoms with Gasteiger partial charge in [-0.3, -0.25) is 0 Å². The van der Waals surface area contributed by atoms with Gasteiger partial charge in [-0.15, -0.1) is 0 Å². The molecular weight excluding hydrogens is 554 g/mol. The molecule has 0 unspecified atom stereocenters. The van der Waals surface area contributed by atoms with E-state index in [9.17, 15) is 16.8 Å². The van der Waals surface area contributed by atoms with E-state index in [2.05, 4.69) is 9.88 Å². The maximum absolute atomic E-state index is 13.4. The molecule has 2 aliphatic rings. The van der Waals surface area contributed by atoms with E-state index >= 15 is 0 Å². The number of hydrogen-bond acceptors (Lipinski definition) is 10. The number of sulfone groups is 1. The zero-order chi connectivity index (χ0) is 28.4. The third-order valence-corrected chi connectivity index (χ3v) is 11.4. The molecule has 6 rings (SSSR count). The highest BCUT2D eigenvalue weighted by molar-refractivity contribution is 7.91. The minimum atomic E-state index is -3.92. The molecule has 0 N–H and O–H groups in total. The van der Waals surface area contributed by atoms with Crippen LogP contribution >= 0.6 is 0 Å². The van der Waals surface area contributed by atoms with Gasteiger partial charge in [0.2, 0.25) is 0 Å². The maximum atomic E-state index is 13.4. The van der Waals surface area contributed by atoms with Crippen molar-refractivity contribution in [3.63, 3.8) is 0 Å². The average molecular weight is 584 g/mol. The second kappa shape index (κ2) is 9.25. The van der Waals surface area contributed by atoms with Gasteiger partial charge in [0, 0.05) is 29.6 Å². The number of anilines is 1. The summed E-state index contributed by atoms with van der Waals surface area (Å²) in [5.74, 6) is 1.07. The molecule has 1 fully saturated rings. The van der Waals surface area contributed by atoms with Crippen molar-refractivity contribution in [3.05, 3.63) is 60.6 Å². The van der Waals surface area contributed by atoms with Crippen molar-refractivity contribution < 1.29 is 26.3 Å². The molecule has 1 saturated heterocycles. The SMILES string of the molecule is C[C@@H]1COC[C@H]2COc3c(nc(-c4ccnc5c4ccn5S(=O)(=O)c4ccccc4)nc3C(C)(C)S(C)(=O)=O)N21. The molecular formula is C27H29N5O6S2. The molecule has 13 heteroatoms. The highest BCUT2D eigenvalue weighted by atomic mass is 32.2. The fraction of sp³-hybridized carbons (Fsp3) is 0.370. The zero-order valence-corrected chi connectivity index (χ0v) is 24.1. The van der Waals surface area contributed by atoms with Crippen molar-refractivity contribution in [2.24, 2.45) is 0 Å². The molecule has 40 heavy (non-hydrogen) atoms. The summed E-state index contributed by atoms with van der Waals surface area (Å²) in [4.78, 5) is 16.3. The highest BCUT2D eigenvalue weighted by Gasteiger charge is 2.44. The van der Waals surface area contributed by atoms with Gasteiger partial charge in [-0.25, -0.2) is 35.8 Å². The second-order valence-electron chi connectivity index (χ2n) is 10.6. The number of nitrogens with zero attached hydrogens (tertiary/aromatic N) is 5. The van der Waals surface area contributed by atoms with E-state index in [4.69, 9.17) is 19.4 Å². The Bertz CT molecular complexity index is 1840. The van der Waals surface area contributed by atoms with Gasteiger partial charge in [0.25, 0.3) is 10.0 Å². The summed E-state index contributed by atoms with van der Waals surface area (Å²) in [5, 5.41) is 0.508. The molecule has 3 aromatic heterocycles. The lowest BCUT2D eigenvalue weighted by molar-refractivity contribution is 0.0482. The lowest BCUT2D eigenvalue weighted by Crippen LogP contribution is -2.56. The van der Waals surface area contributed by atoms with Gasteiger partial charge in [-0.05, 0) is 45.0 Å². The molecule has 0 aliphatic carbocycles. The van der Waals surface area contributed by atoms with Gasteiger partial charge in [0.1, 0.15) is 17.0 Å². The summed E-state index contributed by atoms with van der Waals surface area (Å²) in [6.07, 6.45) is 4.12. The van der Waals surface area contributed by atoms with Crippen LogP contribution in [0.15, 0.2) is 59.8 Å². The molecule has 5 heterocycles. The lowest BCUT2D eigenvalue weighted by atomic mass is 10.0. The highest BCUT2D eigenvalue weighted by Crippen LogP contribution is 2.45. The number of pyridine rings is 1. The first-order valence-electron chi connectivity index (χ1n) is 12.8. The summed E-state index contributed by atoms with van der Waals surface area (Å²) < 4.78 is 64.4. The van der Waals surface area contributed by atoms with Gasteiger partial charge in [0.05, 0.1) is 30.2 Å². The smallest absolute Gasteiger partial charge is 0.269 e. The van der Waals surface area contributed by atoms with Crippen LogP contribution in [-0.4, -0.2) is 73.9 Å². The van der Waals surface area contributed by atoms with Crippen LogP contribution in [0.2, 0.25) is 0 Å². The quantitative estimate of drug-likeness (QED) is 0.345. The monoisotopic (exact) mass is 583 g/mol. The predicted octanol–water partition coefficient (Wildman–Crippen LogP) is 3.00. The second-order valence-corrected chi connectivity index (χ2v) is 15.0. The van der Waals surface area contributed by atoms with E-state index in [-0.39, 0.29) is 34.1 Å². The Morgan fingerprint density at radius 3 is 2.45 bits per heavy atom. The van der Waals surface area contributed by atoms with Crippen LogP contribution in [0, 0.1) is 0 Å². The third-order valence-electron chi connectivity index (χ3n) is 7.64. The van der Waals surface area contributed by atoms with Gasteiger partial charge in [-0.2, -0.15) is 0 Å². The summed E-state index contributed by atoms with van der Waals surface area (Å²) in [6.45, 7) is 6.46. The van der Waals surface area contributed by atoms with E-state index < -0.39 is 24.6 Å². The molecule has 0 saturated carbocycles. The molecule has 4 aromatic rings. The molecule has 0 amide bonds. The van der Waals surface area contributed by atoms with Crippen LogP contribution < -0.4 is 9.64 Å². The Morgan fingerprint density at radius 2 is 1.73 bits per heavy atom. The van der Waals surface area contributed by atoms with E-state index in [1.54, 1.807) is 44.2 Å². The van der Waals surface area contributed by atoms with Crippen LogP contribution in [-0.2, 0) is 29.3 Å². The first-order chi connectivity index (χ1) is 18.9. The Hall–Kier alpha value is -3.55. The van der Waals surface area contributed by atoms with Crippen molar-refractivity contribution in [2.75, 3.05) is 31.0 Å². The summed E-state index contributed by atoms with van der Waals surface area (Å²) in [7, 11) is -7.55. The molecule has 0 radical (unpaired) electrons. The summed E-state index contributed by atoms with van der Waals surface area (Å²) in [6, 6.07) is 11.3. The molecule has 0 bridgehead atoms. The van der Waals surface area contributed by atoms with Gasteiger partial charge < -0.3 is 14.4 Å². The van der Waals surface area contributed by atoms with Crippen molar-refractivity contribution in [1.82, 2.24) is 18.9 Å². The van der Waals surface area contributed by atoms with Gasteiger partial charge in [-0.1, -0.05) is 18.2 Å². The molecule has 210 valence electrons. The minimum absolute atomic E-state index is 0.0343. The maximum Gasteiger partial charge on any atom is 0.269 e.